The number of amides is 2. The summed E-state index contributed by atoms with van der Waals surface area (Å²) in [5.74, 6) is -0.618. The summed E-state index contributed by atoms with van der Waals surface area (Å²) < 4.78 is 15.9. The second-order valence-corrected chi connectivity index (χ2v) is 8.77. The molecule has 0 unspecified atom stereocenters. The van der Waals surface area contributed by atoms with Crippen LogP contribution in [0.1, 0.15) is 39.1 Å². The summed E-state index contributed by atoms with van der Waals surface area (Å²) in [6.45, 7) is 9.20. The van der Waals surface area contributed by atoms with Crippen molar-refractivity contribution in [1.82, 2.24) is 14.8 Å². The number of thiazole rings is 1. The van der Waals surface area contributed by atoms with E-state index in [0.29, 0.717) is 16.6 Å². The van der Waals surface area contributed by atoms with E-state index in [9.17, 15) is 14.0 Å². The zero-order valence-corrected chi connectivity index (χ0v) is 18.8. The Morgan fingerprint density at radius 3 is 2.61 bits per heavy atom. The summed E-state index contributed by atoms with van der Waals surface area (Å²) in [4.78, 5) is 30.1. The topological polar surface area (TPSA) is 80.1 Å². The number of aromatic nitrogens is 3. The molecule has 9 heteroatoms. The normalized spacial score (nSPS) is 11.7. The first kappa shape index (κ1) is 22.4. The maximum Gasteiger partial charge on any atom is 0.249 e. The highest BCUT2D eigenvalue weighted by atomic mass is 32.1. The van der Waals surface area contributed by atoms with Gasteiger partial charge in [-0.05, 0) is 45.9 Å². The number of aryl methyl sites for hydroxylation is 1. The molecule has 0 spiro atoms. The van der Waals surface area contributed by atoms with Crippen LogP contribution in [0.25, 0.3) is 6.08 Å². The summed E-state index contributed by atoms with van der Waals surface area (Å²) in [7, 11) is 0. The highest BCUT2D eigenvalue weighted by molar-refractivity contribution is 7.14. The fourth-order valence-corrected chi connectivity index (χ4v) is 3.77. The highest BCUT2D eigenvalue weighted by Crippen LogP contribution is 2.31. The quantitative estimate of drug-likeness (QED) is 0.573. The number of hydrogen-bond acceptors (Lipinski definition) is 5. The van der Waals surface area contributed by atoms with Gasteiger partial charge in [-0.2, -0.15) is 5.10 Å². The van der Waals surface area contributed by atoms with E-state index in [2.05, 4.69) is 15.4 Å². The molecule has 0 atom stereocenters. The number of carbonyl (C=O) groups excluding carboxylic acids is 2. The van der Waals surface area contributed by atoms with E-state index in [1.165, 1.54) is 41.4 Å². The molecule has 3 rings (SSSR count). The first-order valence-electron chi connectivity index (χ1n) is 9.63. The minimum absolute atomic E-state index is 0.128. The SMILES string of the molecule is CC(=O)N(c1nc(/C=C/C(=O)Nc2cc(C)nn2C(C)(C)C)cs1)c1ccccc1F. The molecular weight excluding hydrogens is 417 g/mol. The number of benzene rings is 1. The van der Waals surface area contributed by atoms with Crippen LogP contribution in [0.5, 0.6) is 0 Å². The van der Waals surface area contributed by atoms with E-state index >= 15 is 0 Å². The number of nitrogens with one attached hydrogen (secondary N) is 1. The summed E-state index contributed by atoms with van der Waals surface area (Å²) in [6, 6.07) is 7.81. The molecular formula is C22H24FN5O2S. The molecule has 1 N–H and O–H groups in total. The van der Waals surface area contributed by atoms with Crippen LogP contribution in [0.2, 0.25) is 0 Å². The van der Waals surface area contributed by atoms with Gasteiger partial charge in [0.25, 0.3) is 0 Å². The summed E-state index contributed by atoms with van der Waals surface area (Å²) in [6.07, 6.45) is 2.90. The van der Waals surface area contributed by atoms with Gasteiger partial charge in [0.05, 0.1) is 22.6 Å². The van der Waals surface area contributed by atoms with Gasteiger partial charge in [0.2, 0.25) is 11.8 Å². The van der Waals surface area contributed by atoms with Crippen molar-refractivity contribution in [3.8, 4) is 0 Å². The third kappa shape index (κ3) is 5.24. The van der Waals surface area contributed by atoms with Crippen LogP contribution in [0.4, 0.5) is 21.0 Å². The molecule has 162 valence electrons. The van der Waals surface area contributed by atoms with Crippen molar-refractivity contribution in [3.05, 3.63) is 59.0 Å². The Bertz CT molecular complexity index is 1140. The molecule has 0 radical (unpaired) electrons. The Labute approximate surface area is 184 Å². The second-order valence-electron chi connectivity index (χ2n) is 7.94. The van der Waals surface area contributed by atoms with Crippen LogP contribution in [0, 0.1) is 12.7 Å². The van der Waals surface area contributed by atoms with Gasteiger partial charge < -0.3 is 5.32 Å². The fourth-order valence-electron chi connectivity index (χ4n) is 2.92. The number of anilines is 3. The van der Waals surface area contributed by atoms with Crippen LogP contribution < -0.4 is 10.2 Å². The second kappa shape index (κ2) is 8.81. The Morgan fingerprint density at radius 1 is 1.26 bits per heavy atom. The Balaban J connectivity index is 1.77. The van der Waals surface area contributed by atoms with Crippen molar-refractivity contribution in [2.24, 2.45) is 0 Å². The molecule has 0 aliphatic heterocycles. The third-order valence-corrected chi connectivity index (χ3v) is 5.08. The summed E-state index contributed by atoms with van der Waals surface area (Å²) in [5.41, 5.74) is 1.13. The van der Waals surface area contributed by atoms with Gasteiger partial charge in [-0.3, -0.25) is 14.5 Å². The summed E-state index contributed by atoms with van der Waals surface area (Å²) in [5, 5.41) is 9.27. The number of hydrogen-bond donors (Lipinski definition) is 1. The van der Waals surface area contributed by atoms with Gasteiger partial charge in [-0.15, -0.1) is 11.3 Å². The van der Waals surface area contributed by atoms with Crippen LogP contribution in [0.15, 0.2) is 41.8 Å². The first-order chi connectivity index (χ1) is 14.6. The molecule has 0 fully saturated rings. The lowest BCUT2D eigenvalue weighted by atomic mass is 10.1. The average Bonchev–Trinajstić information content (AvgIpc) is 3.28. The zero-order chi connectivity index (χ0) is 22.8. The molecule has 2 aromatic heterocycles. The van der Waals surface area contributed by atoms with Gasteiger partial charge in [0, 0.05) is 24.4 Å². The van der Waals surface area contributed by atoms with Crippen molar-refractivity contribution >= 4 is 45.9 Å². The lowest BCUT2D eigenvalue weighted by Crippen LogP contribution is -2.26. The molecule has 1 aromatic carbocycles. The third-order valence-electron chi connectivity index (χ3n) is 4.23. The monoisotopic (exact) mass is 441 g/mol. The molecule has 3 aromatic rings. The maximum absolute atomic E-state index is 14.2. The van der Waals surface area contributed by atoms with E-state index in [-0.39, 0.29) is 23.0 Å². The Morgan fingerprint density at radius 2 is 1.97 bits per heavy atom. The maximum atomic E-state index is 14.2. The predicted molar refractivity (Wildman–Crippen MR) is 121 cm³/mol. The largest absolute Gasteiger partial charge is 0.307 e. The van der Waals surface area contributed by atoms with Crippen LogP contribution >= 0.6 is 11.3 Å². The van der Waals surface area contributed by atoms with E-state index in [1.54, 1.807) is 34.3 Å². The van der Waals surface area contributed by atoms with Gasteiger partial charge in [-0.1, -0.05) is 12.1 Å². The molecule has 31 heavy (non-hydrogen) atoms. The van der Waals surface area contributed by atoms with E-state index < -0.39 is 5.82 Å². The molecule has 0 saturated carbocycles. The number of carbonyl (C=O) groups is 2. The first-order valence-corrected chi connectivity index (χ1v) is 10.5. The lowest BCUT2D eigenvalue weighted by molar-refractivity contribution is -0.116. The molecule has 2 amide bonds. The van der Waals surface area contributed by atoms with E-state index in [0.717, 1.165) is 5.69 Å². The molecule has 2 heterocycles. The van der Waals surface area contributed by atoms with Gasteiger partial charge >= 0.3 is 0 Å². The van der Waals surface area contributed by atoms with Crippen molar-refractivity contribution < 1.29 is 14.0 Å². The van der Waals surface area contributed by atoms with Crippen LogP contribution in [-0.2, 0) is 15.1 Å². The molecule has 0 bridgehead atoms. The fraction of sp³-hybridized carbons (Fsp3) is 0.273. The number of rotatable bonds is 5. The number of nitrogens with zero attached hydrogens (tertiary/aromatic N) is 4. The highest BCUT2D eigenvalue weighted by Gasteiger charge is 2.21. The predicted octanol–water partition coefficient (Wildman–Crippen LogP) is 4.88. The molecule has 7 nitrogen and oxygen atoms in total. The average molecular weight is 442 g/mol. The smallest absolute Gasteiger partial charge is 0.249 e. The van der Waals surface area contributed by atoms with Crippen molar-refractivity contribution in [1.29, 1.82) is 0 Å². The van der Waals surface area contributed by atoms with Crippen molar-refractivity contribution in [2.75, 3.05) is 10.2 Å². The summed E-state index contributed by atoms with van der Waals surface area (Å²) >= 11 is 1.18. The van der Waals surface area contributed by atoms with E-state index in [1.807, 2.05) is 27.7 Å². The van der Waals surface area contributed by atoms with E-state index in [4.69, 9.17) is 0 Å². The minimum atomic E-state index is -0.518. The molecule has 0 aliphatic rings. The molecule has 0 aliphatic carbocycles. The van der Waals surface area contributed by atoms with Crippen LogP contribution in [0.3, 0.4) is 0 Å². The van der Waals surface area contributed by atoms with Crippen LogP contribution in [-0.4, -0.2) is 26.6 Å². The zero-order valence-electron chi connectivity index (χ0n) is 18.0. The lowest BCUT2D eigenvalue weighted by Gasteiger charge is -2.22. The number of halogens is 1. The van der Waals surface area contributed by atoms with Crippen molar-refractivity contribution in [3.63, 3.8) is 0 Å². The minimum Gasteiger partial charge on any atom is -0.307 e. The Kier molecular flexibility index (Phi) is 6.35. The Hall–Kier alpha value is -3.33. The standard InChI is InChI=1S/C22H24FN5O2S/c1-14-12-19(28(26-14)22(3,4)5)25-20(30)11-10-16-13-31-21(24-16)27(15(2)29)18-9-7-6-8-17(18)23/h6-13H,1-5H3,(H,25,30)/b11-10+. The number of para-hydroxylation sites is 1. The van der Waals surface area contributed by atoms with Crippen molar-refractivity contribution in [2.45, 2.75) is 40.2 Å². The van der Waals surface area contributed by atoms with Gasteiger partial charge in [0.15, 0.2) is 5.13 Å². The van der Waals surface area contributed by atoms with Gasteiger partial charge in [-0.25, -0.2) is 14.1 Å². The molecule has 0 saturated heterocycles. The van der Waals surface area contributed by atoms with Gasteiger partial charge in [0.1, 0.15) is 11.6 Å².